The van der Waals surface area contributed by atoms with Gasteiger partial charge in [0.15, 0.2) is 0 Å². The number of hydrogen-bond donors (Lipinski definition) is 1. The normalized spacial score (nSPS) is 18.3. The first-order valence-electron chi connectivity index (χ1n) is 8.82. The Morgan fingerprint density at radius 3 is 2.67 bits per heavy atom. The van der Waals surface area contributed by atoms with E-state index in [-0.39, 0.29) is 0 Å². The van der Waals surface area contributed by atoms with Gasteiger partial charge in [-0.15, -0.1) is 0 Å². The summed E-state index contributed by atoms with van der Waals surface area (Å²) in [4.78, 5) is 0. The van der Waals surface area contributed by atoms with E-state index < -0.39 is 0 Å². The zero-order chi connectivity index (χ0) is 14.9. The van der Waals surface area contributed by atoms with Crippen LogP contribution in [0.15, 0.2) is 24.3 Å². The van der Waals surface area contributed by atoms with E-state index in [1.54, 1.807) is 0 Å². The van der Waals surface area contributed by atoms with E-state index in [4.69, 9.17) is 4.74 Å². The van der Waals surface area contributed by atoms with Crippen LogP contribution in [-0.4, -0.2) is 19.2 Å². The number of likely N-dealkylation sites (N-methyl/N-ethyl adjacent to an activating group) is 1. The molecule has 2 atom stereocenters. The molecule has 1 N–H and O–H groups in total. The molecule has 1 aromatic carbocycles. The van der Waals surface area contributed by atoms with Crippen molar-refractivity contribution in [1.29, 1.82) is 0 Å². The molecule has 21 heavy (non-hydrogen) atoms. The van der Waals surface area contributed by atoms with Gasteiger partial charge in [-0.3, -0.25) is 0 Å². The molecule has 0 saturated heterocycles. The van der Waals surface area contributed by atoms with E-state index >= 15 is 0 Å². The fourth-order valence-electron chi connectivity index (χ4n) is 3.37. The maximum atomic E-state index is 5.86. The maximum absolute atomic E-state index is 5.86. The number of benzene rings is 1. The molecule has 0 fully saturated rings. The quantitative estimate of drug-likeness (QED) is 0.619. The second kappa shape index (κ2) is 9.09. The van der Waals surface area contributed by atoms with Gasteiger partial charge in [-0.05, 0) is 19.0 Å². The summed E-state index contributed by atoms with van der Waals surface area (Å²) in [5.41, 5.74) is 1.40. The first-order valence-corrected chi connectivity index (χ1v) is 8.82. The highest BCUT2D eigenvalue weighted by atomic mass is 16.5. The van der Waals surface area contributed by atoms with Crippen molar-refractivity contribution in [3.8, 4) is 5.75 Å². The summed E-state index contributed by atoms with van der Waals surface area (Å²) in [6.07, 6.45) is 9.48. The lowest BCUT2D eigenvalue weighted by atomic mass is 9.89. The number of ether oxygens (including phenoxy) is 1. The Bertz CT molecular complexity index is 404. The van der Waals surface area contributed by atoms with Gasteiger partial charge in [0, 0.05) is 17.5 Å². The Hall–Kier alpha value is -1.02. The van der Waals surface area contributed by atoms with Gasteiger partial charge in [-0.2, -0.15) is 0 Å². The largest absolute Gasteiger partial charge is 0.493 e. The Balaban J connectivity index is 1.82. The van der Waals surface area contributed by atoms with Crippen LogP contribution in [-0.2, 0) is 0 Å². The second-order valence-electron chi connectivity index (χ2n) is 6.18. The van der Waals surface area contributed by atoms with Crippen molar-refractivity contribution in [2.24, 2.45) is 0 Å². The predicted molar refractivity (Wildman–Crippen MR) is 90.1 cm³/mol. The van der Waals surface area contributed by atoms with Crippen LogP contribution in [0.3, 0.4) is 0 Å². The Morgan fingerprint density at radius 1 is 1.10 bits per heavy atom. The molecule has 1 aliphatic rings. The predicted octanol–water partition coefficient (Wildman–Crippen LogP) is 4.89. The molecule has 118 valence electrons. The van der Waals surface area contributed by atoms with E-state index in [0.29, 0.717) is 12.0 Å². The van der Waals surface area contributed by atoms with Crippen LogP contribution in [0, 0.1) is 0 Å². The minimum absolute atomic E-state index is 0.525. The SMILES string of the molecule is CCCCCCCCC(NCC)C1COc2ccccc21. The van der Waals surface area contributed by atoms with Crippen LogP contribution in [0.4, 0.5) is 0 Å². The minimum Gasteiger partial charge on any atom is -0.493 e. The van der Waals surface area contributed by atoms with Crippen LogP contribution < -0.4 is 10.1 Å². The summed E-state index contributed by atoms with van der Waals surface area (Å²) in [5, 5.41) is 3.69. The smallest absolute Gasteiger partial charge is 0.122 e. The van der Waals surface area contributed by atoms with Gasteiger partial charge in [0.05, 0.1) is 6.61 Å². The van der Waals surface area contributed by atoms with Gasteiger partial charge in [0.1, 0.15) is 5.75 Å². The van der Waals surface area contributed by atoms with Gasteiger partial charge in [0.25, 0.3) is 0 Å². The van der Waals surface area contributed by atoms with Gasteiger partial charge < -0.3 is 10.1 Å². The van der Waals surface area contributed by atoms with Crippen molar-refractivity contribution < 1.29 is 4.74 Å². The van der Waals surface area contributed by atoms with Crippen LogP contribution in [0.5, 0.6) is 5.75 Å². The summed E-state index contributed by atoms with van der Waals surface area (Å²) in [7, 11) is 0. The summed E-state index contributed by atoms with van der Waals surface area (Å²) >= 11 is 0. The highest BCUT2D eigenvalue weighted by Crippen LogP contribution is 2.36. The van der Waals surface area contributed by atoms with Crippen LogP contribution >= 0.6 is 0 Å². The molecule has 0 amide bonds. The van der Waals surface area contributed by atoms with Gasteiger partial charge in [-0.25, -0.2) is 0 Å². The molecule has 0 aliphatic carbocycles. The van der Waals surface area contributed by atoms with Crippen molar-refractivity contribution in [1.82, 2.24) is 5.32 Å². The number of rotatable bonds is 10. The van der Waals surface area contributed by atoms with E-state index in [1.807, 2.05) is 0 Å². The zero-order valence-corrected chi connectivity index (χ0v) is 13.7. The number of para-hydroxylation sites is 1. The van der Waals surface area contributed by atoms with Gasteiger partial charge >= 0.3 is 0 Å². The van der Waals surface area contributed by atoms with E-state index in [2.05, 4.69) is 43.4 Å². The highest BCUT2D eigenvalue weighted by Gasteiger charge is 2.30. The number of nitrogens with one attached hydrogen (secondary N) is 1. The average Bonchev–Trinajstić information content (AvgIpc) is 2.93. The molecule has 0 radical (unpaired) electrons. The lowest BCUT2D eigenvalue weighted by molar-refractivity contribution is 0.290. The van der Waals surface area contributed by atoms with E-state index in [0.717, 1.165) is 18.9 Å². The van der Waals surface area contributed by atoms with Crippen molar-refractivity contribution in [3.63, 3.8) is 0 Å². The molecule has 0 saturated carbocycles. The highest BCUT2D eigenvalue weighted by molar-refractivity contribution is 5.40. The molecule has 0 bridgehead atoms. The molecule has 0 aromatic heterocycles. The molecule has 1 aliphatic heterocycles. The average molecular weight is 289 g/mol. The molecule has 1 aromatic rings. The van der Waals surface area contributed by atoms with Gasteiger partial charge in [-0.1, -0.05) is 70.6 Å². The second-order valence-corrected chi connectivity index (χ2v) is 6.18. The first-order chi connectivity index (χ1) is 10.4. The molecule has 2 heteroatoms. The third-order valence-electron chi connectivity index (χ3n) is 4.56. The van der Waals surface area contributed by atoms with Crippen LogP contribution in [0.25, 0.3) is 0 Å². The van der Waals surface area contributed by atoms with Crippen LogP contribution in [0.1, 0.15) is 70.3 Å². The molecular formula is C19H31NO. The Labute approximate surface area is 130 Å². The standard InChI is InChI=1S/C19H31NO/c1-3-5-6-7-8-9-13-18(20-4-2)17-15-21-19-14-11-10-12-16(17)19/h10-12,14,17-18,20H,3-9,13,15H2,1-2H3. The molecule has 0 spiro atoms. The first kappa shape index (κ1) is 16.4. The molecule has 2 nitrogen and oxygen atoms in total. The summed E-state index contributed by atoms with van der Waals surface area (Å²) in [6, 6.07) is 9.09. The summed E-state index contributed by atoms with van der Waals surface area (Å²) in [5.74, 6) is 1.62. The molecule has 1 heterocycles. The number of unbranched alkanes of at least 4 members (excludes halogenated alkanes) is 5. The number of fused-ring (bicyclic) bond motifs is 1. The van der Waals surface area contributed by atoms with Crippen LogP contribution in [0.2, 0.25) is 0 Å². The summed E-state index contributed by atoms with van der Waals surface area (Å²) < 4.78 is 5.86. The third kappa shape index (κ3) is 4.74. The summed E-state index contributed by atoms with van der Waals surface area (Å²) in [6.45, 7) is 6.36. The minimum atomic E-state index is 0.525. The Kier molecular flexibility index (Phi) is 7.08. The van der Waals surface area contributed by atoms with Crippen molar-refractivity contribution in [2.75, 3.05) is 13.2 Å². The van der Waals surface area contributed by atoms with E-state index in [9.17, 15) is 0 Å². The molecular weight excluding hydrogens is 258 g/mol. The van der Waals surface area contributed by atoms with E-state index in [1.165, 1.54) is 50.5 Å². The third-order valence-corrected chi connectivity index (χ3v) is 4.56. The monoisotopic (exact) mass is 289 g/mol. The van der Waals surface area contributed by atoms with Crippen molar-refractivity contribution >= 4 is 0 Å². The lowest BCUT2D eigenvalue weighted by Gasteiger charge is -2.23. The topological polar surface area (TPSA) is 21.3 Å². The van der Waals surface area contributed by atoms with Gasteiger partial charge in [0.2, 0.25) is 0 Å². The zero-order valence-electron chi connectivity index (χ0n) is 13.7. The van der Waals surface area contributed by atoms with Crippen molar-refractivity contribution in [2.45, 2.75) is 70.8 Å². The maximum Gasteiger partial charge on any atom is 0.122 e. The fourth-order valence-corrected chi connectivity index (χ4v) is 3.37. The van der Waals surface area contributed by atoms with Crippen molar-refractivity contribution in [3.05, 3.63) is 29.8 Å². The number of hydrogen-bond acceptors (Lipinski definition) is 2. The molecule has 2 unspecified atom stereocenters. The molecule has 2 rings (SSSR count). The fraction of sp³-hybridized carbons (Fsp3) is 0.684. The Morgan fingerprint density at radius 2 is 1.86 bits per heavy atom. The lowest BCUT2D eigenvalue weighted by Crippen LogP contribution is -2.35.